The monoisotopic (exact) mass is 328 g/mol. The van der Waals surface area contributed by atoms with Crippen molar-refractivity contribution in [1.82, 2.24) is 20.0 Å². The van der Waals surface area contributed by atoms with Gasteiger partial charge in [0.25, 0.3) is 5.91 Å². The maximum atomic E-state index is 12.3. The van der Waals surface area contributed by atoms with E-state index in [9.17, 15) is 4.79 Å². The maximum absolute atomic E-state index is 12.3. The summed E-state index contributed by atoms with van der Waals surface area (Å²) in [6.45, 7) is 4.78. The van der Waals surface area contributed by atoms with Crippen molar-refractivity contribution in [3.05, 3.63) is 53.9 Å². The molecule has 0 spiro atoms. The zero-order valence-corrected chi connectivity index (χ0v) is 14.2. The van der Waals surface area contributed by atoms with Crippen molar-refractivity contribution in [1.29, 1.82) is 0 Å². The van der Waals surface area contributed by atoms with E-state index < -0.39 is 6.10 Å². The summed E-state index contributed by atoms with van der Waals surface area (Å²) < 4.78 is 7.44. The number of carbonyl (C=O) groups is 1. The highest BCUT2D eigenvalue weighted by Gasteiger charge is 2.26. The number of hydrogen-bond acceptors (Lipinski definition) is 4. The fraction of sp³-hybridized carbons (Fsp3) is 0.444. The summed E-state index contributed by atoms with van der Waals surface area (Å²) in [5.41, 5.74) is 2.19. The summed E-state index contributed by atoms with van der Waals surface area (Å²) in [6.07, 6.45) is 3.39. The summed E-state index contributed by atoms with van der Waals surface area (Å²) in [5, 5.41) is 7.41. The van der Waals surface area contributed by atoms with Crippen LogP contribution < -0.4 is 5.32 Å². The highest BCUT2D eigenvalue weighted by atomic mass is 16.5. The number of aromatic nitrogens is 2. The maximum Gasteiger partial charge on any atom is 0.250 e. The standard InChI is InChI=1S/C18H24N4O2/c1-14(20-18(23)17-13-21(2)8-9-24-17)16-10-19-22(12-16)11-15-6-4-3-5-7-15/h3-7,10,12,14,17H,8-9,11,13H2,1-2H3,(H,20,23)/t14-,17+/m0/s1. The van der Waals surface area contributed by atoms with E-state index in [0.717, 1.165) is 18.7 Å². The molecule has 3 rings (SSSR count). The molecular weight excluding hydrogens is 304 g/mol. The molecule has 2 heterocycles. The molecule has 2 aromatic rings. The molecule has 1 aliphatic rings. The second-order valence-electron chi connectivity index (χ2n) is 6.31. The molecule has 1 amide bonds. The highest BCUT2D eigenvalue weighted by molar-refractivity contribution is 5.81. The minimum absolute atomic E-state index is 0.0649. The number of hydrogen-bond donors (Lipinski definition) is 1. The van der Waals surface area contributed by atoms with Crippen LogP contribution >= 0.6 is 0 Å². The van der Waals surface area contributed by atoms with Gasteiger partial charge in [-0.2, -0.15) is 5.10 Å². The summed E-state index contributed by atoms with van der Waals surface area (Å²) in [7, 11) is 2.00. The van der Waals surface area contributed by atoms with E-state index in [1.807, 2.05) is 49.2 Å². The lowest BCUT2D eigenvalue weighted by Gasteiger charge is -2.29. The van der Waals surface area contributed by atoms with Gasteiger partial charge in [-0.1, -0.05) is 30.3 Å². The normalized spacial score (nSPS) is 19.8. The van der Waals surface area contributed by atoms with Crippen LogP contribution in [0, 0.1) is 0 Å². The highest BCUT2D eigenvalue weighted by Crippen LogP contribution is 2.13. The molecule has 1 saturated heterocycles. The van der Waals surface area contributed by atoms with E-state index in [0.29, 0.717) is 13.2 Å². The molecule has 1 fully saturated rings. The Hall–Kier alpha value is -2.18. The van der Waals surface area contributed by atoms with Gasteiger partial charge in [0.2, 0.25) is 0 Å². The van der Waals surface area contributed by atoms with Crippen molar-refractivity contribution < 1.29 is 9.53 Å². The number of rotatable bonds is 5. The molecule has 24 heavy (non-hydrogen) atoms. The second-order valence-corrected chi connectivity index (χ2v) is 6.31. The molecule has 0 saturated carbocycles. The van der Waals surface area contributed by atoms with Crippen LogP contribution in [0.3, 0.4) is 0 Å². The van der Waals surface area contributed by atoms with Gasteiger partial charge in [0, 0.05) is 24.8 Å². The molecular formula is C18H24N4O2. The quantitative estimate of drug-likeness (QED) is 0.902. The van der Waals surface area contributed by atoms with Crippen LogP contribution in [0.25, 0.3) is 0 Å². The molecule has 2 atom stereocenters. The molecule has 128 valence electrons. The molecule has 1 aromatic heterocycles. The average Bonchev–Trinajstić information content (AvgIpc) is 3.04. The molecule has 1 aromatic carbocycles. The van der Waals surface area contributed by atoms with Crippen LogP contribution in [0.15, 0.2) is 42.7 Å². The lowest BCUT2D eigenvalue weighted by atomic mass is 10.1. The first kappa shape index (κ1) is 16.7. The van der Waals surface area contributed by atoms with E-state index in [1.54, 1.807) is 0 Å². The molecule has 0 radical (unpaired) electrons. The number of nitrogens with zero attached hydrogens (tertiary/aromatic N) is 3. The smallest absolute Gasteiger partial charge is 0.250 e. The summed E-state index contributed by atoms with van der Waals surface area (Å²) in [4.78, 5) is 14.4. The van der Waals surface area contributed by atoms with Gasteiger partial charge in [0.05, 0.1) is 25.4 Å². The molecule has 0 unspecified atom stereocenters. The Morgan fingerprint density at radius 3 is 2.96 bits per heavy atom. The van der Waals surface area contributed by atoms with Crippen molar-refractivity contribution in [2.75, 3.05) is 26.7 Å². The van der Waals surface area contributed by atoms with E-state index >= 15 is 0 Å². The van der Waals surface area contributed by atoms with Gasteiger partial charge in [0.1, 0.15) is 6.10 Å². The number of amides is 1. The van der Waals surface area contributed by atoms with Gasteiger partial charge >= 0.3 is 0 Å². The summed E-state index contributed by atoms with van der Waals surface area (Å²) in [6, 6.07) is 10.1. The van der Waals surface area contributed by atoms with Crippen LogP contribution in [0.1, 0.15) is 24.1 Å². The lowest BCUT2D eigenvalue weighted by Crippen LogP contribution is -2.48. The molecule has 0 bridgehead atoms. The number of morpholine rings is 1. The van der Waals surface area contributed by atoms with E-state index in [1.165, 1.54) is 5.56 Å². The first-order chi connectivity index (χ1) is 11.6. The summed E-state index contributed by atoms with van der Waals surface area (Å²) >= 11 is 0. The van der Waals surface area contributed by atoms with Crippen molar-refractivity contribution in [2.45, 2.75) is 25.6 Å². The van der Waals surface area contributed by atoms with Gasteiger partial charge in [-0.05, 0) is 19.5 Å². The third-order valence-electron chi connectivity index (χ3n) is 4.26. The number of nitrogens with one attached hydrogen (secondary N) is 1. The Kier molecular flexibility index (Phi) is 5.27. The van der Waals surface area contributed by atoms with Crippen molar-refractivity contribution in [3.8, 4) is 0 Å². The molecule has 0 aliphatic carbocycles. The fourth-order valence-electron chi connectivity index (χ4n) is 2.79. The first-order valence-corrected chi connectivity index (χ1v) is 8.28. The van der Waals surface area contributed by atoms with Crippen molar-refractivity contribution in [2.24, 2.45) is 0 Å². The zero-order valence-electron chi connectivity index (χ0n) is 14.2. The number of benzene rings is 1. The number of likely N-dealkylation sites (N-methyl/N-ethyl adjacent to an activating group) is 1. The van der Waals surface area contributed by atoms with Crippen molar-refractivity contribution in [3.63, 3.8) is 0 Å². The number of carbonyl (C=O) groups excluding carboxylic acids is 1. The minimum Gasteiger partial charge on any atom is -0.366 e. The molecule has 6 nitrogen and oxygen atoms in total. The Morgan fingerprint density at radius 1 is 1.42 bits per heavy atom. The fourth-order valence-corrected chi connectivity index (χ4v) is 2.79. The number of ether oxygens (including phenoxy) is 1. The van der Waals surface area contributed by atoms with Gasteiger partial charge in [-0.25, -0.2) is 0 Å². The van der Waals surface area contributed by atoms with E-state index in [2.05, 4.69) is 27.4 Å². The zero-order chi connectivity index (χ0) is 16.9. The molecule has 1 N–H and O–H groups in total. The predicted octanol–water partition coefficient (Wildman–Crippen LogP) is 1.44. The van der Waals surface area contributed by atoms with Gasteiger partial charge in [-0.15, -0.1) is 0 Å². The van der Waals surface area contributed by atoms with Crippen LogP contribution in [0.5, 0.6) is 0 Å². The van der Waals surface area contributed by atoms with Gasteiger partial charge in [0.15, 0.2) is 0 Å². The molecule has 6 heteroatoms. The van der Waals surface area contributed by atoms with Crippen LogP contribution in [0.4, 0.5) is 0 Å². The Morgan fingerprint density at radius 2 is 2.21 bits per heavy atom. The van der Waals surface area contributed by atoms with Crippen molar-refractivity contribution >= 4 is 5.91 Å². The first-order valence-electron chi connectivity index (χ1n) is 8.28. The van der Waals surface area contributed by atoms with Gasteiger partial charge < -0.3 is 15.0 Å². The van der Waals surface area contributed by atoms with Gasteiger partial charge in [-0.3, -0.25) is 9.48 Å². The Bertz CT molecular complexity index is 671. The van der Waals surface area contributed by atoms with E-state index in [4.69, 9.17) is 4.74 Å². The van der Waals surface area contributed by atoms with Crippen LogP contribution in [-0.2, 0) is 16.1 Å². The molecule has 1 aliphatic heterocycles. The average molecular weight is 328 g/mol. The Balaban J connectivity index is 1.57. The van der Waals surface area contributed by atoms with Crippen LogP contribution in [-0.4, -0.2) is 53.4 Å². The largest absolute Gasteiger partial charge is 0.366 e. The lowest BCUT2D eigenvalue weighted by molar-refractivity contribution is -0.138. The topological polar surface area (TPSA) is 59.4 Å². The third kappa shape index (κ3) is 4.21. The summed E-state index contributed by atoms with van der Waals surface area (Å²) in [5.74, 6) is -0.0649. The SMILES string of the molecule is C[C@H](NC(=O)[C@H]1CN(C)CCO1)c1cnn(Cc2ccccc2)c1. The third-order valence-corrected chi connectivity index (χ3v) is 4.26. The Labute approximate surface area is 142 Å². The minimum atomic E-state index is -0.398. The van der Waals surface area contributed by atoms with E-state index in [-0.39, 0.29) is 11.9 Å². The second kappa shape index (κ2) is 7.59. The predicted molar refractivity (Wildman–Crippen MR) is 91.6 cm³/mol. The van der Waals surface area contributed by atoms with Crippen LogP contribution in [0.2, 0.25) is 0 Å².